The van der Waals surface area contributed by atoms with E-state index in [-0.39, 0.29) is 25.2 Å². The Kier molecular flexibility index (Phi) is 10.3. The number of amides is 2. The van der Waals surface area contributed by atoms with Crippen LogP contribution in [-0.2, 0) is 0 Å². The fourth-order valence-corrected chi connectivity index (χ4v) is 0.475. The highest BCUT2D eigenvalue weighted by Crippen LogP contribution is 1.71. The Labute approximate surface area is 62.0 Å². The molecule has 0 aliphatic carbocycles. The van der Waals surface area contributed by atoms with Gasteiger partial charge in [-0.2, -0.15) is 0 Å². The molecule has 0 rings (SSSR count). The van der Waals surface area contributed by atoms with Crippen LogP contribution in [0.4, 0.5) is 4.79 Å². The maximum Gasteiger partial charge on any atom is 0.319 e. The number of halogens is 1. The van der Waals surface area contributed by atoms with E-state index in [1.54, 1.807) is 9.24 Å². The van der Waals surface area contributed by atoms with Crippen molar-refractivity contribution in [1.82, 2.24) is 10.6 Å². The highest BCUT2D eigenvalue weighted by Gasteiger charge is 1.92. The van der Waals surface area contributed by atoms with Crippen LogP contribution in [0.2, 0.25) is 0 Å². The molecule has 0 saturated heterocycles. The largest absolute Gasteiger partial charge is 1.00 e. The zero-order valence-corrected chi connectivity index (χ0v) is 7.02. The molecule has 0 spiro atoms. The molecule has 0 aromatic rings. The Balaban J connectivity index is 0. The van der Waals surface area contributed by atoms with Gasteiger partial charge < -0.3 is 28.1 Å². The lowest BCUT2D eigenvalue weighted by Crippen LogP contribution is -3.00. The second-order valence-electron chi connectivity index (χ2n) is 1.09. The predicted octanol–water partition coefficient (Wildman–Crippen LogP) is -4.20. The summed E-state index contributed by atoms with van der Waals surface area (Å²) in [7, 11) is 1.63. The second kappa shape index (κ2) is 7.95. The Bertz CT molecular complexity index is 74.2. The standard InChI is InChI=1S/C3H9N2O2P.ClH/c6-1-4-3(7)5-2-8;/h6H,1-2,8H2,(H2,4,5,7);1H. The van der Waals surface area contributed by atoms with E-state index in [0.29, 0.717) is 6.29 Å². The maximum absolute atomic E-state index is 10.3. The molecule has 0 radical (unpaired) electrons. The summed E-state index contributed by atoms with van der Waals surface area (Å²) in [5.41, 5.74) is 0. The van der Waals surface area contributed by atoms with Crippen molar-refractivity contribution in [2.45, 2.75) is 0 Å². The minimum Gasteiger partial charge on any atom is -1.00 e. The number of hydrogen-bond donors (Lipinski definition) is 3. The second-order valence-corrected chi connectivity index (χ2v) is 1.59. The van der Waals surface area contributed by atoms with Crippen molar-refractivity contribution in [2.75, 3.05) is 13.0 Å². The SMILES string of the molecule is O=C(NCO)NC[PH3+].[Cl-]. The predicted molar refractivity (Wildman–Crippen MR) is 34.7 cm³/mol. The number of urea groups is 1. The summed E-state index contributed by atoms with van der Waals surface area (Å²) in [6.07, 6.45) is 0.603. The van der Waals surface area contributed by atoms with Crippen molar-refractivity contribution in [1.29, 1.82) is 0 Å². The average molecular weight is 173 g/mol. The Morgan fingerprint density at radius 1 is 1.56 bits per heavy atom. The summed E-state index contributed by atoms with van der Waals surface area (Å²) in [5, 5.41) is 12.7. The van der Waals surface area contributed by atoms with Gasteiger partial charge in [0, 0.05) is 0 Å². The maximum atomic E-state index is 10.3. The van der Waals surface area contributed by atoms with Gasteiger partial charge in [0.1, 0.15) is 13.0 Å². The average Bonchev–Trinajstić information content (AvgIpc) is 1.68. The number of nitrogens with one attached hydrogen (secondary N) is 2. The monoisotopic (exact) mass is 172 g/mol. The molecule has 3 N–H and O–H groups in total. The van der Waals surface area contributed by atoms with E-state index >= 15 is 0 Å². The fraction of sp³-hybridized carbons (Fsp3) is 0.667. The van der Waals surface area contributed by atoms with E-state index in [4.69, 9.17) is 5.11 Å². The molecule has 0 bridgehead atoms. The van der Waals surface area contributed by atoms with Crippen molar-refractivity contribution in [3.05, 3.63) is 0 Å². The van der Waals surface area contributed by atoms with Crippen molar-refractivity contribution >= 4 is 15.3 Å². The molecular formula is C3H10ClN2O2P. The summed E-state index contributed by atoms with van der Waals surface area (Å²) in [4.78, 5) is 10.3. The number of carbonyl (C=O) groups excluding carboxylic acids is 1. The van der Waals surface area contributed by atoms with Gasteiger partial charge in [-0.1, -0.05) is 0 Å². The minimum absolute atomic E-state index is 0. The quantitative estimate of drug-likeness (QED) is 0.292. The van der Waals surface area contributed by atoms with E-state index in [0.717, 1.165) is 0 Å². The summed E-state index contributed by atoms with van der Waals surface area (Å²) < 4.78 is 0. The van der Waals surface area contributed by atoms with Crippen molar-refractivity contribution in [3.8, 4) is 0 Å². The topological polar surface area (TPSA) is 61.4 Å². The molecule has 2 amide bonds. The van der Waals surface area contributed by atoms with Gasteiger partial charge in [-0.3, -0.25) is 0 Å². The molecule has 56 valence electrons. The zero-order valence-electron chi connectivity index (χ0n) is 4.85. The highest BCUT2D eigenvalue weighted by atomic mass is 35.5. The van der Waals surface area contributed by atoms with Gasteiger partial charge in [-0.15, -0.1) is 0 Å². The van der Waals surface area contributed by atoms with Crippen LogP contribution in [0.15, 0.2) is 0 Å². The molecular weight excluding hydrogens is 162 g/mol. The molecule has 0 heterocycles. The summed E-state index contributed by atoms with van der Waals surface area (Å²) in [6, 6.07) is -0.331. The van der Waals surface area contributed by atoms with Gasteiger partial charge in [-0.25, -0.2) is 4.79 Å². The lowest BCUT2D eigenvalue weighted by Gasteiger charge is -1.97. The third kappa shape index (κ3) is 7.95. The van der Waals surface area contributed by atoms with Gasteiger partial charge in [0.15, 0.2) is 0 Å². The van der Waals surface area contributed by atoms with E-state index in [1.165, 1.54) is 0 Å². The summed E-state index contributed by atoms with van der Waals surface area (Å²) in [6.45, 7) is -0.311. The molecule has 6 heteroatoms. The molecule has 0 aliphatic heterocycles. The van der Waals surface area contributed by atoms with Crippen molar-refractivity contribution in [3.63, 3.8) is 0 Å². The van der Waals surface area contributed by atoms with E-state index in [2.05, 4.69) is 10.6 Å². The molecule has 0 saturated carbocycles. The third-order valence-electron chi connectivity index (χ3n) is 0.525. The van der Waals surface area contributed by atoms with Crippen LogP contribution < -0.4 is 23.0 Å². The van der Waals surface area contributed by atoms with Gasteiger partial charge in [0.25, 0.3) is 0 Å². The molecule has 0 aromatic carbocycles. The van der Waals surface area contributed by atoms with Crippen molar-refractivity contribution in [2.24, 2.45) is 0 Å². The van der Waals surface area contributed by atoms with Crippen LogP contribution >= 0.6 is 9.24 Å². The lowest BCUT2D eigenvalue weighted by atomic mass is 10.9. The van der Waals surface area contributed by atoms with Crippen molar-refractivity contribution < 1.29 is 22.3 Å². The van der Waals surface area contributed by atoms with Gasteiger partial charge >= 0.3 is 6.03 Å². The first-order valence-corrected chi connectivity index (χ1v) is 3.23. The zero-order chi connectivity index (χ0) is 6.41. The van der Waals surface area contributed by atoms with Crippen LogP contribution in [0.1, 0.15) is 0 Å². The first-order valence-electron chi connectivity index (χ1n) is 2.23. The fourth-order valence-electron chi connectivity index (χ4n) is 0.248. The molecule has 4 nitrogen and oxygen atoms in total. The van der Waals surface area contributed by atoms with Crippen LogP contribution in [-0.4, -0.2) is 24.2 Å². The normalized spacial score (nSPS) is 7.67. The van der Waals surface area contributed by atoms with E-state index in [1.807, 2.05) is 0 Å². The Morgan fingerprint density at radius 3 is 2.44 bits per heavy atom. The Hall–Kier alpha value is -0.0500. The van der Waals surface area contributed by atoms with Crippen LogP contribution in [0.3, 0.4) is 0 Å². The molecule has 1 atom stereocenters. The first-order chi connectivity index (χ1) is 3.81. The van der Waals surface area contributed by atoms with Crippen LogP contribution in [0.25, 0.3) is 0 Å². The van der Waals surface area contributed by atoms with E-state index in [9.17, 15) is 4.79 Å². The molecule has 9 heavy (non-hydrogen) atoms. The number of aliphatic hydroxyl groups excluding tert-OH is 1. The van der Waals surface area contributed by atoms with Gasteiger partial charge in [0.05, 0.1) is 0 Å². The molecule has 0 fully saturated rings. The van der Waals surface area contributed by atoms with Crippen LogP contribution in [0.5, 0.6) is 0 Å². The number of rotatable bonds is 2. The first kappa shape index (κ1) is 11.7. The molecule has 1 unspecified atom stereocenters. The smallest absolute Gasteiger partial charge is 0.319 e. The third-order valence-corrected chi connectivity index (χ3v) is 0.775. The lowest BCUT2D eigenvalue weighted by molar-refractivity contribution is -0.00000681. The minimum atomic E-state index is -0.331. The van der Waals surface area contributed by atoms with E-state index < -0.39 is 0 Å². The Morgan fingerprint density at radius 2 is 2.11 bits per heavy atom. The van der Waals surface area contributed by atoms with Crippen LogP contribution in [0, 0.1) is 0 Å². The van der Waals surface area contributed by atoms with Gasteiger partial charge in [-0.05, 0) is 9.24 Å². The molecule has 0 aliphatic rings. The number of hydrogen-bond acceptors (Lipinski definition) is 2. The summed E-state index contributed by atoms with van der Waals surface area (Å²) in [5.74, 6) is 0. The highest BCUT2D eigenvalue weighted by molar-refractivity contribution is 7.16. The number of carbonyl (C=O) groups is 1. The molecule has 0 aromatic heterocycles. The van der Waals surface area contributed by atoms with Gasteiger partial charge in [0.2, 0.25) is 0 Å². The number of aliphatic hydroxyl groups is 1. The summed E-state index contributed by atoms with van der Waals surface area (Å²) >= 11 is 0.